The third-order valence-electron chi connectivity index (χ3n) is 5.02. The molecule has 21 heavy (non-hydrogen) atoms. The number of hydrogen-bond donors (Lipinski definition) is 1. The van der Waals surface area contributed by atoms with Gasteiger partial charge in [-0.2, -0.15) is 0 Å². The number of benzene rings is 1. The molecule has 1 saturated heterocycles. The Kier molecular flexibility index (Phi) is 4.94. The fraction of sp³-hybridized carbons (Fsp3) is 0.667. The molecule has 3 nitrogen and oxygen atoms in total. The highest BCUT2D eigenvalue weighted by molar-refractivity contribution is 5.36. The van der Waals surface area contributed by atoms with E-state index in [2.05, 4.69) is 36.5 Å². The van der Waals surface area contributed by atoms with Crippen molar-refractivity contribution in [1.82, 2.24) is 5.32 Å². The van der Waals surface area contributed by atoms with E-state index >= 15 is 0 Å². The number of ether oxygens (including phenoxy) is 2. The molecule has 2 aliphatic rings. The zero-order valence-electron chi connectivity index (χ0n) is 13.2. The summed E-state index contributed by atoms with van der Waals surface area (Å²) in [5.41, 5.74) is 2.89. The first-order valence-corrected chi connectivity index (χ1v) is 8.25. The van der Waals surface area contributed by atoms with E-state index in [1.807, 2.05) is 7.05 Å². The van der Waals surface area contributed by atoms with Crippen LogP contribution in [0.5, 0.6) is 0 Å². The molecule has 1 N–H and O–H groups in total. The van der Waals surface area contributed by atoms with E-state index in [1.165, 1.54) is 11.1 Å². The number of nitrogens with one attached hydrogen (secondary N) is 1. The summed E-state index contributed by atoms with van der Waals surface area (Å²) in [6.07, 6.45) is 3.67. The molecule has 0 spiro atoms. The van der Waals surface area contributed by atoms with Crippen LogP contribution < -0.4 is 5.32 Å². The average molecular weight is 289 g/mol. The molecule has 1 heterocycles. The van der Waals surface area contributed by atoms with Crippen LogP contribution in [0.4, 0.5) is 0 Å². The monoisotopic (exact) mass is 289 g/mol. The molecule has 0 radical (unpaired) electrons. The molecule has 0 saturated carbocycles. The Balaban J connectivity index is 1.68. The zero-order chi connectivity index (χ0) is 14.7. The highest BCUT2D eigenvalue weighted by Gasteiger charge is 2.33. The van der Waals surface area contributed by atoms with Gasteiger partial charge in [-0.1, -0.05) is 31.2 Å². The highest BCUT2D eigenvalue weighted by Crippen LogP contribution is 2.38. The van der Waals surface area contributed by atoms with Gasteiger partial charge in [0.2, 0.25) is 0 Å². The van der Waals surface area contributed by atoms with Gasteiger partial charge in [0.05, 0.1) is 18.8 Å². The minimum atomic E-state index is 0.280. The van der Waals surface area contributed by atoms with Crippen molar-refractivity contribution in [2.45, 2.75) is 44.2 Å². The van der Waals surface area contributed by atoms with Crippen molar-refractivity contribution in [3.63, 3.8) is 0 Å². The van der Waals surface area contributed by atoms with E-state index in [0.29, 0.717) is 17.9 Å². The van der Waals surface area contributed by atoms with Crippen molar-refractivity contribution in [3.05, 3.63) is 35.4 Å². The summed E-state index contributed by atoms with van der Waals surface area (Å²) in [5.74, 6) is 1.24. The molecule has 1 aliphatic heterocycles. The van der Waals surface area contributed by atoms with Crippen molar-refractivity contribution in [3.8, 4) is 0 Å². The molecule has 1 aromatic carbocycles. The molecule has 1 aliphatic carbocycles. The zero-order valence-corrected chi connectivity index (χ0v) is 13.2. The summed E-state index contributed by atoms with van der Waals surface area (Å²) in [7, 11) is 2.04. The molecule has 0 bridgehead atoms. The molecule has 3 unspecified atom stereocenters. The predicted octanol–water partition coefficient (Wildman–Crippen LogP) is 3.27. The van der Waals surface area contributed by atoms with Gasteiger partial charge < -0.3 is 14.8 Å². The Morgan fingerprint density at radius 3 is 2.62 bits per heavy atom. The van der Waals surface area contributed by atoms with E-state index in [0.717, 1.165) is 39.1 Å². The summed E-state index contributed by atoms with van der Waals surface area (Å²) in [5, 5.41) is 3.47. The third-order valence-corrected chi connectivity index (χ3v) is 5.02. The first-order chi connectivity index (χ1) is 10.3. The molecule has 0 aromatic heterocycles. The molecule has 0 amide bonds. The smallest absolute Gasteiger partial charge is 0.0775 e. The minimum Gasteiger partial charge on any atom is -0.381 e. The van der Waals surface area contributed by atoms with E-state index in [4.69, 9.17) is 9.47 Å². The van der Waals surface area contributed by atoms with Crippen LogP contribution in [0.2, 0.25) is 0 Å². The van der Waals surface area contributed by atoms with Gasteiger partial charge in [0.15, 0.2) is 0 Å². The van der Waals surface area contributed by atoms with E-state index in [1.54, 1.807) is 0 Å². The molecule has 1 aromatic rings. The Morgan fingerprint density at radius 2 is 1.90 bits per heavy atom. The van der Waals surface area contributed by atoms with Gasteiger partial charge in [-0.25, -0.2) is 0 Å². The Labute approximate surface area is 128 Å². The number of rotatable bonds is 4. The Morgan fingerprint density at radius 1 is 1.19 bits per heavy atom. The van der Waals surface area contributed by atoms with Gasteiger partial charge in [0.1, 0.15) is 0 Å². The standard InChI is InChI=1S/C18H27NO2/c1-13-11-17(21-12-14-7-9-20-10-8-14)18(19-2)16-6-4-3-5-15(13)16/h3-6,13-14,17-19H,7-12H2,1-2H3. The highest BCUT2D eigenvalue weighted by atomic mass is 16.5. The van der Waals surface area contributed by atoms with Crippen LogP contribution in [0.15, 0.2) is 24.3 Å². The summed E-state index contributed by atoms with van der Waals surface area (Å²) < 4.78 is 11.8. The van der Waals surface area contributed by atoms with Crippen LogP contribution in [0, 0.1) is 5.92 Å². The summed E-state index contributed by atoms with van der Waals surface area (Å²) in [4.78, 5) is 0. The van der Waals surface area contributed by atoms with Crippen LogP contribution in [0.25, 0.3) is 0 Å². The Bertz CT molecular complexity index is 456. The minimum absolute atomic E-state index is 0.280. The lowest BCUT2D eigenvalue weighted by molar-refractivity contribution is -0.0320. The van der Waals surface area contributed by atoms with Gasteiger partial charge in [0, 0.05) is 13.2 Å². The van der Waals surface area contributed by atoms with E-state index in [-0.39, 0.29) is 6.10 Å². The number of hydrogen-bond acceptors (Lipinski definition) is 3. The van der Waals surface area contributed by atoms with Gasteiger partial charge >= 0.3 is 0 Å². The van der Waals surface area contributed by atoms with Crippen molar-refractivity contribution >= 4 is 0 Å². The van der Waals surface area contributed by atoms with Crippen LogP contribution in [0.3, 0.4) is 0 Å². The second-order valence-corrected chi connectivity index (χ2v) is 6.46. The lowest BCUT2D eigenvalue weighted by atomic mass is 9.79. The maximum absolute atomic E-state index is 6.34. The van der Waals surface area contributed by atoms with Crippen LogP contribution in [-0.2, 0) is 9.47 Å². The second kappa shape index (κ2) is 6.91. The maximum Gasteiger partial charge on any atom is 0.0775 e. The molecule has 1 fully saturated rings. The molecular formula is C18H27NO2. The number of likely N-dealkylation sites (N-methyl/N-ethyl adjacent to an activating group) is 1. The van der Waals surface area contributed by atoms with Gasteiger partial charge in [-0.05, 0) is 49.3 Å². The lowest BCUT2D eigenvalue weighted by Gasteiger charge is -2.37. The molecule has 3 atom stereocenters. The SMILES string of the molecule is CNC1c2ccccc2C(C)CC1OCC1CCOCC1. The summed E-state index contributed by atoms with van der Waals surface area (Å²) >= 11 is 0. The first kappa shape index (κ1) is 15.0. The largest absolute Gasteiger partial charge is 0.381 e. The number of fused-ring (bicyclic) bond motifs is 1. The molecule has 3 rings (SSSR count). The van der Waals surface area contributed by atoms with Crippen molar-refractivity contribution < 1.29 is 9.47 Å². The molecular weight excluding hydrogens is 262 g/mol. The molecule has 3 heteroatoms. The van der Waals surface area contributed by atoms with E-state index < -0.39 is 0 Å². The van der Waals surface area contributed by atoms with Crippen LogP contribution >= 0.6 is 0 Å². The average Bonchev–Trinajstić information content (AvgIpc) is 2.54. The van der Waals surface area contributed by atoms with Crippen molar-refractivity contribution in [2.75, 3.05) is 26.9 Å². The Hall–Kier alpha value is -0.900. The lowest BCUT2D eigenvalue weighted by Crippen LogP contribution is -2.38. The fourth-order valence-corrected chi connectivity index (χ4v) is 3.73. The van der Waals surface area contributed by atoms with E-state index in [9.17, 15) is 0 Å². The summed E-state index contributed by atoms with van der Waals surface area (Å²) in [6, 6.07) is 9.11. The fourth-order valence-electron chi connectivity index (χ4n) is 3.73. The maximum atomic E-state index is 6.34. The third kappa shape index (κ3) is 3.31. The van der Waals surface area contributed by atoms with Crippen LogP contribution in [0.1, 0.15) is 49.3 Å². The predicted molar refractivity (Wildman–Crippen MR) is 84.6 cm³/mol. The molecule has 116 valence electrons. The van der Waals surface area contributed by atoms with Crippen molar-refractivity contribution in [1.29, 1.82) is 0 Å². The quantitative estimate of drug-likeness (QED) is 0.923. The second-order valence-electron chi connectivity index (χ2n) is 6.46. The summed E-state index contributed by atoms with van der Waals surface area (Å²) in [6.45, 7) is 4.98. The van der Waals surface area contributed by atoms with Gasteiger partial charge in [-0.3, -0.25) is 0 Å². The first-order valence-electron chi connectivity index (χ1n) is 8.25. The van der Waals surface area contributed by atoms with Crippen LogP contribution in [-0.4, -0.2) is 33.0 Å². The van der Waals surface area contributed by atoms with Gasteiger partial charge in [0.25, 0.3) is 0 Å². The van der Waals surface area contributed by atoms with Gasteiger partial charge in [-0.15, -0.1) is 0 Å². The normalized spacial score (nSPS) is 30.1. The topological polar surface area (TPSA) is 30.5 Å². The van der Waals surface area contributed by atoms with Crippen molar-refractivity contribution in [2.24, 2.45) is 5.92 Å².